The van der Waals surface area contributed by atoms with Crippen molar-refractivity contribution >= 4 is 51.7 Å². The molecule has 0 aliphatic rings. The maximum absolute atomic E-state index is 10.6. The molecule has 4 heteroatoms. The summed E-state index contributed by atoms with van der Waals surface area (Å²) in [5, 5.41) is 6.74. The number of rotatable bonds is 14. The third-order valence-corrected chi connectivity index (χ3v) is 9.04. The number of hydrogen-bond acceptors (Lipinski definition) is 3. The molecule has 0 amide bonds. The number of fused-ring (bicyclic) bond motifs is 7. The maximum atomic E-state index is 10.6. The second kappa shape index (κ2) is 14.2. The number of aryl methyl sites for hydroxylation is 2. The normalized spacial score (nSPS) is 11.8. The van der Waals surface area contributed by atoms with Crippen LogP contribution in [0.15, 0.2) is 69.1 Å². The molecule has 0 saturated heterocycles. The lowest BCUT2D eigenvalue weighted by molar-refractivity contribution is 0.495. The van der Waals surface area contributed by atoms with Crippen LogP contribution in [0.2, 0.25) is 0 Å². The zero-order valence-corrected chi connectivity index (χ0v) is 25.3. The average molecular weight is 557 g/mol. The fourth-order valence-corrected chi connectivity index (χ4v) is 6.78. The summed E-state index contributed by atoms with van der Waals surface area (Å²) in [7, 11) is -2.04. The van der Waals surface area contributed by atoms with Gasteiger partial charge in [0.2, 0.25) is 0 Å². The molecule has 1 aromatic heterocycles. The Morgan fingerprint density at radius 1 is 0.525 bits per heavy atom. The number of benzene rings is 4. The summed E-state index contributed by atoms with van der Waals surface area (Å²) in [4.78, 5) is 10.6. The van der Waals surface area contributed by atoms with Crippen molar-refractivity contribution in [2.24, 2.45) is 0 Å². The average Bonchev–Trinajstić information content (AvgIpc) is 3.12. The first-order valence-electron chi connectivity index (χ1n) is 15.6. The third-order valence-electron chi connectivity index (χ3n) is 8.33. The Bertz CT molecular complexity index is 1480. The fourth-order valence-electron chi connectivity index (χ4n) is 6.10. The molecular formula is C36H45O3P. The van der Waals surface area contributed by atoms with Crippen LogP contribution in [0, 0.1) is 0 Å². The van der Waals surface area contributed by atoms with E-state index in [1.54, 1.807) is 0 Å². The van der Waals surface area contributed by atoms with Gasteiger partial charge >= 0.3 is 8.24 Å². The largest absolute Gasteiger partial charge is 0.399 e. The van der Waals surface area contributed by atoms with Crippen LogP contribution >= 0.6 is 8.24 Å². The molecule has 212 valence electrons. The maximum Gasteiger partial charge on any atom is 0.384 e. The smallest absolute Gasteiger partial charge is 0.384 e. The first kappa shape index (κ1) is 28.8. The van der Waals surface area contributed by atoms with Gasteiger partial charge in [-0.3, -0.25) is 4.89 Å². The zero-order valence-electron chi connectivity index (χ0n) is 24.4. The molecule has 4 aromatic carbocycles. The predicted octanol–water partition coefficient (Wildman–Crippen LogP) is 12.2. The number of unbranched alkanes of at least 4 members (excludes halogenated alkanes) is 10. The van der Waals surface area contributed by atoms with Crippen molar-refractivity contribution in [1.29, 1.82) is 0 Å². The van der Waals surface area contributed by atoms with E-state index in [1.165, 1.54) is 98.9 Å². The first-order valence-corrected chi connectivity index (χ1v) is 16.8. The Hall–Kier alpha value is -2.74. The molecule has 1 heterocycles. The molecule has 40 heavy (non-hydrogen) atoms. The molecule has 0 bridgehead atoms. The first-order chi connectivity index (χ1) is 19.7. The minimum Gasteiger partial charge on any atom is -0.399 e. The Morgan fingerprint density at radius 2 is 0.950 bits per heavy atom. The van der Waals surface area contributed by atoms with Crippen molar-refractivity contribution in [3.8, 4) is 0 Å². The van der Waals surface area contributed by atoms with E-state index in [9.17, 15) is 4.89 Å². The summed E-state index contributed by atoms with van der Waals surface area (Å²) >= 11 is 0. The highest BCUT2D eigenvalue weighted by atomic mass is 31.1. The summed E-state index contributed by atoms with van der Waals surface area (Å²) < 4.78 is 11.9. The minimum atomic E-state index is -2.04. The fraction of sp³-hybridized carbons (Fsp3) is 0.444. The van der Waals surface area contributed by atoms with Crippen molar-refractivity contribution < 1.29 is 13.3 Å². The highest BCUT2D eigenvalue weighted by Gasteiger charge is 2.13. The number of hydrogen-bond donors (Lipinski definition) is 1. The predicted molar refractivity (Wildman–Crippen MR) is 173 cm³/mol. The quantitative estimate of drug-likeness (QED) is 0.138. The van der Waals surface area contributed by atoms with E-state index in [4.69, 9.17) is 8.39 Å². The van der Waals surface area contributed by atoms with Gasteiger partial charge < -0.3 is 8.39 Å². The molecule has 0 aliphatic carbocycles. The summed E-state index contributed by atoms with van der Waals surface area (Å²) in [6.45, 7) is 4.54. The Morgan fingerprint density at radius 3 is 1.40 bits per heavy atom. The molecule has 5 rings (SSSR count). The molecule has 0 unspecified atom stereocenters. The van der Waals surface area contributed by atoms with Gasteiger partial charge in [0, 0.05) is 10.8 Å². The van der Waals surface area contributed by atoms with E-state index >= 15 is 0 Å². The summed E-state index contributed by atoms with van der Waals surface area (Å²) in [6, 6.07) is 21.9. The molecule has 3 nitrogen and oxygen atoms in total. The van der Waals surface area contributed by atoms with E-state index < -0.39 is 8.24 Å². The lowest BCUT2D eigenvalue weighted by Crippen LogP contribution is -1.88. The molecule has 5 aromatic rings. The molecule has 1 N–H and O–H groups in total. The summed E-state index contributed by atoms with van der Waals surface area (Å²) in [5.41, 5.74) is 4.14. The van der Waals surface area contributed by atoms with Crippen LogP contribution in [0.1, 0.15) is 102 Å². The van der Waals surface area contributed by atoms with Crippen LogP contribution in [-0.2, 0) is 12.8 Å². The summed E-state index contributed by atoms with van der Waals surface area (Å²) in [5.74, 6) is 0. The van der Waals surface area contributed by atoms with Gasteiger partial charge in [0.15, 0.2) is 0 Å². The Labute approximate surface area is 240 Å². The van der Waals surface area contributed by atoms with Crippen molar-refractivity contribution in [1.82, 2.24) is 0 Å². The molecule has 0 fully saturated rings. The highest BCUT2D eigenvalue weighted by Crippen LogP contribution is 2.40. The van der Waals surface area contributed by atoms with Crippen molar-refractivity contribution in [3.63, 3.8) is 0 Å². The van der Waals surface area contributed by atoms with Crippen LogP contribution in [0.25, 0.3) is 43.5 Å². The molecular weight excluding hydrogens is 511 g/mol. The lowest BCUT2D eigenvalue weighted by atomic mass is 9.95. The topological polar surface area (TPSA) is 46.5 Å². The lowest BCUT2D eigenvalue weighted by Gasteiger charge is -2.09. The van der Waals surface area contributed by atoms with E-state index in [2.05, 4.69) is 62.4 Å². The Kier molecular flexibility index (Phi) is 10.2. The molecule has 0 saturated carbocycles. The summed E-state index contributed by atoms with van der Waals surface area (Å²) in [6.07, 6.45) is 17.9. The van der Waals surface area contributed by atoms with Crippen molar-refractivity contribution in [3.05, 3.63) is 71.8 Å². The van der Waals surface area contributed by atoms with Gasteiger partial charge in [-0.1, -0.05) is 127 Å². The highest BCUT2D eigenvalue weighted by molar-refractivity contribution is 7.30. The standard InChI is InChI=1S/C36H45O3P/c1-3-5-7-9-11-13-15-27-17-21-31-29(25-27)19-23-33-35(31)36-32-22-18-28(16-14-12-10-8-6-4-2)26-30(32)20-24-34(36)39-40(37)38-33/h17-26,37H,3-16H2,1-2H3. The van der Waals surface area contributed by atoms with E-state index in [0.29, 0.717) is 11.2 Å². The Balaban J connectivity index is 1.50. The molecule has 0 spiro atoms. The van der Waals surface area contributed by atoms with Crippen LogP contribution < -0.4 is 0 Å². The van der Waals surface area contributed by atoms with Crippen LogP contribution in [0.3, 0.4) is 0 Å². The van der Waals surface area contributed by atoms with Gasteiger partial charge in [-0.25, -0.2) is 0 Å². The second-order valence-electron chi connectivity index (χ2n) is 11.4. The molecule has 0 radical (unpaired) electrons. The monoisotopic (exact) mass is 556 g/mol. The van der Waals surface area contributed by atoms with Crippen molar-refractivity contribution in [2.75, 3.05) is 0 Å². The zero-order chi connectivity index (χ0) is 27.7. The van der Waals surface area contributed by atoms with E-state index in [0.717, 1.165) is 34.4 Å². The molecule has 0 atom stereocenters. The van der Waals surface area contributed by atoms with Crippen LogP contribution in [-0.4, -0.2) is 4.89 Å². The second-order valence-corrected chi connectivity index (χ2v) is 12.3. The van der Waals surface area contributed by atoms with Gasteiger partial charge in [0.05, 0.1) is 0 Å². The van der Waals surface area contributed by atoms with E-state index in [1.807, 2.05) is 12.1 Å². The van der Waals surface area contributed by atoms with Gasteiger partial charge in [-0.2, -0.15) is 0 Å². The van der Waals surface area contributed by atoms with Gasteiger partial charge in [-0.05, 0) is 70.5 Å². The van der Waals surface area contributed by atoms with Crippen LogP contribution in [0.4, 0.5) is 0 Å². The van der Waals surface area contributed by atoms with Crippen molar-refractivity contribution in [2.45, 2.75) is 104 Å². The SMILES string of the molecule is CCCCCCCCc1ccc2c(ccc3op(O)oc4ccc5cc(CCCCCCCC)ccc5c4c32)c1. The van der Waals surface area contributed by atoms with E-state index in [-0.39, 0.29) is 0 Å². The van der Waals surface area contributed by atoms with Gasteiger partial charge in [0.1, 0.15) is 11.2 Å². The van der Waals surface area contributed by atoms with Gasteiger partial charge in [-0.15, -0.1) is 0 Å². The minimum absolute atomic E-state index is 0.687. The van der Waals surface area contributed by atoms with Gasteiger partial charge in [0.25, 0.3) is 0 Å². The molecule has 0 aliphatic heterocycles. The van der Waals surface area contributed by atoms with Crippen LogP contribution in [0.5, 0.6) is 0 Å². The third kappa shape index (κ3) is 6.93.